The molecule has 0 N–H and O–H groups in total. The first-order valence-electron chi connectivity index (χ1n) is 4.12. The van der Waals surface area contributed by atoms with Crippen LogP contribution >= 0.6 is 15.9 Å². The highest BCUT2D eigenvalue weighted by atomic mass is 79.9. The number of hydrogen-bond acceptors (Lipinski definition) is 0. The molecule has 0 aliphatic rings. The third-order valence-corrected chi connectivity index (χ3v) is 2.57. The Kier molecular flexibility index (Phi) is 2.77. The molecule has 0 heterocycles. The highest BCUT2D eigenvalue weighted by molar-refractivity contribution is 9.10. The van der Waals surface area contributed by atoms with Gasteiger partial charge >= 0.3 is 0 Å². The fourth-order valence-electron chi connectivity index (χ4n) is 1.06. The second-order valence-electron chi connectivity index (χ2n) is 4.03. The number of hydrogen-bond donors (Lipinski definition) is 0. The van der Waals surface area contributed by atoms with Crippen molar-refractivity contribution >= 4 is 21.6 Å². The van der Waals surface area contributed by atoms with Gasteiger partial charge in [-0.2, -0.15) is 0 Å². The van der Waals surface area contributed by atoms with Gasteiger partial charge in [0.05, 0.1) is 6.57 Å². The fraction of sp³-hybridized carbons (Fsp3) is 0.364. The van der Waals surface area contributed by atoms with Gasteiger partial charge in [-0.15, -0.1) is 0 Å². The van der Waals surface area contributed by atoms with Crippen molar-refractivity contribution in [1.29, 1.82) is 0 Å². The van der Waals surface area contributed by atoms with Gasteiger partial charge in [0.1, 0.15) is 0 Å². The Balaban J connectivity index is 3.20. The van der Waals surface area contributed by atoms with E-state index in [4.69, 9.17) is 6.57 Å². The lowest BCUT2D eigenvalue weighted by Crippen LogP contribution is -2.10. The van der Waals surface area contributed by atoms with E-state index in [2.05, 4.69) is 41.5 Å². The molecule has 2 heteroatoms. The molecule has 0 aliphatic heterocycles. The van der Waals surface area contributed by atoms with E-state index in [1.54, 1.807) is 0 Å². The van der Waals surface area contributed by atoms with Crippen molar-refractivity contribution in [3.63, 3.8) is 0 Å². The Bertz CT molecular complexity index is 355. The summed E-state index contributed by atoms with van der Waals surface area (Å²) < 4.78 is 0.884. The van der Waals surface area contributed by atoms with Crippen LogP contribution in [0.15, 0.2) is 22.7 Å². The van der Waals surface area contributed by atoms with Crippen LogP contribution in [0.1, 0.15) is 26.3 Å². The van der Waals surface area contributed by atoms with Gasteiger partial charge in [0, 0.05) is 4.47 Å². The SMILES string of the molecule is [C-]#[N+]c1ccc(C(C)(C)C)cc1Br. The van der Waals surface area contributed by atoms with Crippen LogP contribution in [-0.4, -0.2) is 0 Å². The summed E-state index contributed by atoms with van der Waals surface area (Å²) in [4.78, 5) is 3.40. The van der Waals surface area contributed by atoms with Crippen LogP contribution in [0.2, 0.25) is 0 Å². The van der Waals surface area contributed by atoms with Crippen molar-refractivity contribution in [2.75, 3.05) is 0 Å². The molecule has 0 fully saturated rings. The van der Waals surface area contributed by atoms with Crippen LogP contribution in [0, 0.1) is 6.57 Å². The minimum Gasteiger partial charge on any atom is -0.237 e. The fourth-order valence-corrected chi connectivity index (χ4v) is 1.53. The zero-order valence-electron chi connectivity index (χ0n) is 8.06. The minimum absolute atomic E-state index is 0.142. The topological polar surface area (TPSA) is 4.36 Å². The van der Waals surface area contributed by atoms with E-state index in [0.29, 0.717) is 5.69 Å². The van der Waals surface area contributed by atoms with Gasteiger partial charge in [-0.25, -0.2) is 4.85 Å². The zero-order chi connectivity index (χ0) is 10.1. The number of benzene rings is 1. The summed E-state index contributed by atoms with van der Waals surface area (Å²) in [6.45, 7) is 13.4. The van der Waals surface area contributed by atoms with E-state index in [1.165, 1.54) is 5.56 Å². The molecule has 0 spiro atoms. The molecule has 1 aromatic rings. The largest absolute Gasteiger partial charge is 0.237 e. The van der Waals surface area contributed by atoms with Crippen LogP contribution in [0.25, 0.3) is 4.85 Å². The maximum atomic E-state index is 6.91. The first-order chi connectivity index (χ1) is 5.95. The molecule has 0 radical (unpaired) electrons. The van der Waals surface area contributed by atoms with Crippen LogP contribution in [0.4, 0.5) is 5.69 Å². The molecule has 0 aliphatic carbocycles. The number of halogens is 1. The summed E-state index contributed by atoms with van der Waals surface area (Å²) in [6, 6.07) is 5.89. The maximum Gasteiger partial charge on any atom is 0.201 e. The molecule has 0 saturated heterocycles. The quantitative estimate of drug-likeness (QED) is 0.593. The van der Waals surface area contributed by atoms with Gasteiger partial charge < -0.3 is 0 Å². The number of rotatable bonds is 0. The molecule has 1 rings (SSSR count). The monoisotopic (exact) mass is 237 g/mol. The predicted molar refractivity (Wildman–Crippen MR) is 59.1 cm³/mol. The maximum absolute atomic E-state index is 6.91. The first-order valence-corrected chi connectivity index (χ1v) is 4.92. The Hall–Kier alpha value is -0.810. The van der Waals surface area contributed by atoms with Gasteiger partial charge in [0.25, 0.3) is 0 Å². The lowest BCUT2D eigenvalue weighted by Gasteiger charge is -2.19. The molecule has 0 saturated carbocycles. The third kappa shape index (κ3) is 2.32. The molecule has 0 atom stereocenters. The van der Waals surface area contributed by atoms with Gasteiger partial charge in [-0.3, -0.25) is 0 Å². The normalized spacial score (nSPS) is 11.0. The first kappa shape index (κ1) is 10.3. The highest BCUT2D eigenvalue weighted by Gasteiger charge is 2.14. The summed E-state index contributed by atoms with van der Waals surface area (Å²) in [7, 11) is 0. The lowest BCUT2D eigenvalue weighted by atomic mass is 9.87. The molecule has 13 heavy (non-hydrogen) atoms. The predicted octanol–water partition coefficient (Wildman–Crippen LogP) is 4.30. The molecule has 0 unspecified atom stereocenters. The molecular formula is C11H12BrN. The average Bonchev–Trinajstić information content (AvgIpc) is 2.02. The van der Waals surface area contributed by atoms with E-state index in [9.17, 15) is 0 Å². The van der Waals surface area contributed by atoms with Gasteiger partial charge in [-0.05, 0) is 11.0 Å². The van der Waals surface area contributed by atoms with Crippen LogP contribution in [0.3, 0.4) is 0 Å². The van der Waals surface area contributed by atoms with Crippen molar-refractivity contribution in [1.82, 2.24) is 0 Å². The van der Waals surface area contributed by atoms with Crippen LogP contribution < -0.4 is 0 Å². The highest BCUT2D eigenvalue weighted by Crippen LogP contribution is 2.31. The van der Waals surface area contributed by atoms with E-state index in [0.717, 1.165) is 4.47 Å². The lowest BCUT2D eigenvalue weighted by molar-refractivity contribution is 0.590. The van der Waals surface area contributed by atoms with E-state index in [1.807, 2.05) is 18.2 Å². The van der Waals surface area contributed by atoms with E-state index >= 15 is 0 Å². The van der Waals surface area contributed by atoms with Crippen molar-refractivity contribution in [3.8, 4) is 0 Å². The second-order valence-corrected chi connectivity index (χ2v) is 4.88. The minimum atomic E-state index is 0.142. The number of nitrogens with zero attached hydrogens (tertiary/aromatic N) is 1. The van der Waals surface area contributed by atoms with Crippen molar-refractivity contribution in [2.45, 2.75) is 26.2 Å². The van der Waals surface area contributed by atoms with Crippen molar-refractivity contribution < 1.29 is 0 Å². The molecule has 0 bridgehead atoms. The van der Waals surface area contributed by atoms with Crippen LogP contribution in [0.5, 0.6) is 0 Å². The standard InChI is InChI=1S/C11H12BrN/c1-11(2,3)8-5-6-10(13-4)9(12)7-8/h5-7H,1-3H3. The summed E-state index contributed by atoms with van der Waals surface area (Å²) in [5.74, 6) is 0. The Morgan fingerprint density at radius 2 is 1.92 bits per heavy atom. The Morgan fingerprint density at radius 3 is 2.31 bits per heavy atom. The second kappa shape index (κ2) is 3.51. The van der Waals surface area contributed by atoms with Gasteiger partial charge in [-0.1, -0.05) is 54.9 Å². The average molecular weight is 238 g/mol. The van der Waals surface area contributed by atoms with Gasteiger partial charge in [0.15, 0.2) is 0 Å². The molecule has 0 amide bonds. The summed E-state index contributed by atoms with van der Waals surface area (Å²) >= 11 is 3.39. The zero-order valence-corrected chi connectivity index (χ0v) is 9.64. The Morgan fingerprint density at radius 1 is 1.31 bits per heavy atom. The third-order valence-electron chi connectivity index (χ3n) is 1.93. The summed E-state index contributed by atoms with van der Waals surface area (Å²) in [6.07, 6.45) is 0. The molecule has 68 valence electrons. The molecule has 1 aromatic carbocycles. The van der Waals surface area contributed by atoms with E-state index in [-0.39, 0.29) is 5.41 Å². The van der Waals surface area contributed by atoms with Gasteiger partial charge in [0.2, 0.25) is 5.69 Å². The molecular weight excluding hydrogens is 226 g/mol. The molecule has 0 aromatic heterocycles. The molecule has 1 nitrogen and oxygen atoms in total. The Labute approximate surface area is 87.7 Å². The summed E-state index contributed by atoms with van der Waals surface area (Å²) in [5, 5.41) is 0. The summed E-state index contributed by atoms with van der Waals surface area (Å²) in [5.41, 5.74) is 2.06. The van der Waals surface area contributed by atoms with Crippen LogP contribution in [-0.2, 0) is 5.41 Å². The van der Waals surface area contributed by atoms with Crippen molar-refractivity contribution in [3.05, 3.63) is 39.7 Å². The smallest absolute Gasteiger partial charge is 0.201 e. The van der Waals surface area contributed by atoms with E-state index < -0.39 is 0 Å². The van der Waals surface area contributed by atoms with Crippen molar-refractivity contribution in [2.24, 2.45) is 0 Å².